The van der Waals surface area contributed by atoms with Crippen molar-refractivity contribution in [3.8, 4) is 11.4 Å². The first-order valence-corrected chi connectivity index (χ1v) is 8.54. The molecule has 0 fully saturated rings. The molecular weight excluding hydrogens is 345 g/mol. The van der Waals surface area contributed by atoms with Crippen molar-refractivity contribution < 1.29 is 9.18 Å². The van der Waals surface area contributed by atoms with Crippen molar-refractivity contribution in [3.63, 3.8) is 0 Å². The van der Waals surface area contributed by atoms with Gasteiger partial charge in [0.2, 0.25) is 5.91 Å². The molecule has 0 aliphatic heterocycles. The van der Waals surface area contributed by atoms with Crippen LogP contribution in [0.25, 0.3) is 22.4 Å². The van der Waals surface area contributed by atoms with Crippen LogP contribution in [0.15, 0.2) is 48.5 Å². The lowest BCUT2D eigenvalue weighted by molar-refractivity contribution is -0.116. The number of nitrogens with zero attached hydrogens (tertiary/aromatic N) is 3. The van der Waals surface area contributed by atoms with Crippen LogP contribution in [-0.4, -0.2) is 25.7 Å². The molecule has 2 aromatic carbocycles. The molecule has 1 amide bonds. The zero-order chi connectivity index (χ0) is 19.0. The Kier molecular flexibility index (Phi) is 4.19. The lowest BCUT2D eigenvalue weighted by atomic mass is 10.2. The summed E-state index contributed by atoms with van der Waals surface area (Å²) >= 11 is 0. The van der Waals surface area contributed by atoms with E-state index in [4.69, 9.17) is 0 Å². The summed E-state index contributed by atoms with van der Waals surface area (Å²) in [5, 5.41) is 7.18. The quantitative estimate of drug-likeness (QED) is 0.579. The van der Waals surface area contributed by atoms with E-state index < -0.39 is 0 Å². The fraction of sp³-hybridized carbons (Fsp3) is 0.150. The summed E-state index contributed by atoms with van der Waals surface area (Å²) in [6.45, 7) is 3.97. The molecule has 0 aliphatic carbocycles. The van der Waals surface area contributed by atoms with Gasteiger partial charge >= 0.3 is 0 Å². The number of halogens is 1. The number of H-pyrrole nitrogens is 1. The average molecular weight is 363 g/mol. The Bertz CT molecular complexity index is 1130. The topological polar surface area (TPSA) is 75.6 Å². The molecule has 136 valence electrons. The molecule has 0 aliphatic rings. The molecule has 27 heavy (non-hydrogen) atoms. The second-order valence-electron chi connectivity index (χ2n) is 6.46. The molecule has 2 heterocycles. The number of rotatable bonds is 4. The highest BCUT2D eigenvalue weighted by Gasteiger charge is 2.10. The normalized spacial score (nSPS) is 11.1. The summed E-state index contributed by atoms with van der Waals surface area (Å²) in [5.41, 5.74) is 4.85. The molecule has 7 heteroatoms. The van der Waals surface area contributed by atoms with Crippen LogP contribution < -0.4 is 5.32 Å². The summed E-state index contributed by atoms with van der Waals surface area (Å²) in [6, 6.07) is 13.5. The van der Waals surface area contributed by atoms with Gasteiger partial charge in [0.05, 0.1) is 16.7 Å². The number of hydrogen-bond acceptors (Lipinski definition) is 3. The average Bonchev–Trinajstić information content (AvgIpc) is 3.18. The monoisotopic (exact) mass is 363 g/mol. The van der Waals surface area contributed by atoms with E-state index >= 15 is 0 Å². The van der Waals surface area contributed by atoms with Crippen molar-refractivity contribution in [3.05, 3.63) is 65.7 Å². The van der Waals surface area contributed by atoms with Gasteiger partial charge in [0, 0.05) is 16.9 Å². The number of imidazole rings is 1. The van der Waals surface area contributed by atoms with Crippen LogP contribution >= 0.6 is 0 Å². The lowest BCUT2D eigenvalue weighted by Gasteiger charge is -2.06. The third-order valence-corrected chi connectivity index (χ3v) is 4.28. The van der Waals surface area contributed by atoms with Gasteiger partial charge in [-0.3, -0.25) is 9.48 Å². The summed E-state index contributed by atoms with van der Waals surface area (Å²) in [4.78, 5) is 20.0. The Morgan fingerprint density at radius 3 is 2.63 bits per heavy atom. The maximum absolute atomic E-state index is 13.1. The van der Waals surface area contributed by atoms with Crippen molar-refractivity contribution >= 4 is 22.6 Å². The van der Waals surface area contributed by atoms with E-state index in [0.29, 0.717) is 11.5 Å². The van der Waals surface area contributed by atoms with Crippen LogP contribution in [0.3, 0.4) is 0 Å². The fourth-order valence-corrected chi connectivity index (χ4v) is 3.00. The molecule has 0 unspecified atom stereocenters. The SMILES string of the molecule is Cc1cc(C)n(CC(=O)Nc2ccc3nc(-c4ccc(F)cc4)[nH]c3c2)n1. The van der Waals surface area contributed by atoms with Crippen molar-refractivity contribution in [2.24, 2.45) is 0 Å². The molecular formula is C20H18FN5O. The Morgan fingerprint density at radius 2 is 1.93 bits per heavy atom. The molecule has 4 rings (SSSR count). The first kappa shape index (κ1) is 17.0. The molecule has 0 bridgehead atoms. The highest BCUT2D eigenvalue weighted by molar-refractivity contribution is 5.93. The van der Waals surface area contributed by atoms with E-state index in [1.165, 1.54) is 12.1 Å². The van der Waals surface area contributed by atoms with Gasteiger partial charge in [0.1, 0.15) is 18.2 Å². The Balaban J connectivity index is 1.53. The highest BCUT2D eigenvalue weighted by Crippen LogP contribution is 2.23. The van der Waals surface area contributed by atoms with Gasteiger partial charge in [-0.05, 0) is 62.4 Å². The molecule has 2 N–H and O–H groups in total. The fourth-order valence-electron chi connectivity index (χ4n) is 3.00. The van der Waals surface area contributed by atoms with Gasteiger partial charge in [0.25, 0.3) is 0 Å². The maximum Gasteiger partial charge on any atom is 0.246 e. The Morgan fingerprint density at radius 1 is 1.15 bits per heavy atom. The van der Waals surface area contributed by atoms with E-state index in [9.17, 15) is 9.18 Å². The summed E-state index contributed by atoms with van der Waals surface area (Å²) in [6.07, 6.45) is 0. The zero-order valence-corrected chi connectivity index (χ0v) is 15.0. The predicted molar refractivity (Wildman–Crippen MR) is 102 cm³/mol. The maximum atomic E-state index is 13.1. The second kappa shape index (κ2) is 6.68. The first-order chi connectivity index (χ1) is 13.0. The van der Waals surface area contributed by atoms with Crippen LogP contribution in [0.1, 0.15) is 11.4 Å². The van der Waals surface area contributed by atoms with Gasteiger partial charge in [-0.25, -0.2) is 9.37 Å². The highest BCUT2D eigenvalue weighted by atomic mass is 19.1. The van der Waals surface area contributed by atoms with Crippen LogP contribution in [0.5, 0.6) is 0 Å². The van der Waals surface area contributed by atoms with Gasteiger partial charge in [-0.1, -0.05) is 0 Å². The van der Waals surface area contributed by atoms with E-state index in [0.717, 1.165) is 28.0 Å². The number of carbonyl (C=O) groups excluding carboxylic acids is 1. The van der Waals surface area contributed by atoms with Crippen LogP contribution in [0.2, 0.25) is 0 Å². The van der Waals surface area contributed by atoms with Gasteiger partial charge in [-0.15, -0.1) is 0 Å². The molecule has 0 radical (unpaired) electrons. The number of aromatic amines is 1. The number of anilines is 1. The number of aryl methyl sites for hydroxylation is 2. The predicted octanol–water partition coefficient (Wildman–Crippen LogP) is 3.82. The van der Waals surface area contributed by atoms with E-state index in [1.54, 1.807) is 22.9 Å². The largest absolute Gasteiger partial charge is 0.338 e. The molecule has 0 saturated carbocycles. The lowest BCUT2D eigenvalue weighted by Crippen LogP contribution is -2.20. The third kappa shape index (κ3) is 3.57. The number of aromatic nitrogens is 4. The van der Waals surface area contributed by atoms with Gasteiger partial charge < -0.3 is 10.3 Å². The van der Waals surface area contributed by atoms with Crippen LogP contribution in [0.4, 0.5) is 10.1 Å². The summed E-state index contributed by atoms with van der Waals surface area (Å²) < 4.78 is 14.8. The first-order valence-electron chi connectivity index (χ1n) is 8.54. The molecule has 0 atom stereocenters. The number of benzene rings is 2. The number of carbonyl (C=O) groups is 1. The minimum absolute atomic E-state index is 0.154. The number of hydrogen-bond donors (Lipinski definition) is 2. The second-order valence-corrected chi connectivity index (χ2v) is 6.46. The minimum atomic E-state index is -0.289. The van der Waals surface area contributed by atoms with Crippen LogP contribution in [0, 0.1) is 19.7 Å². The van der Waals surface area contributed by atoms with Crippen LogP contribution in [-0.2, 0) is 11.3 Å². The molecule has 4 aromatic rings. The Labute approximate surface area is 155 Å². The molecule has 0 spiro atoms. The standard InChI is InChI=1S/C20H18FN5O/c1-12-9-13(2)26(25-12)11-19(27)22-16-7-8-17-18(10-16)24-20(23-17)14-3-5-15(21)6-4-14/h3-10H,11H2,1-2H3,(H,22,27)(H,23,24). The zero-order valence-electron chi connectivity index (χ0n) is 15.0. The van der Waals surface area contributed by atoms with Crippen molar-refractivity contribution in [1.29, 1.82) is 0 Å². The molecule has 2 aromatic heterocycles. The van der Waals surface area contributed by atoms with Crippen molar-refractivity contribution in [2.75, 3.05) is 5.32 Å². The number of fused-ring (bicyclic) bond motifs is 1. The van der Waals surface area contributed by atoms with Crippen molar-refractivity contribution in [2.45, 2.75) is 20.4 Å². The molecule has 6 nitrogen and oxygen atoms in total. The van der Waals surface area contributed by atoms with Crippen molar-refractivity contribution in [1.82, 2.24) is 19.7 Å². The molecule has 0 saturated heterocycles. The Hall–Kier alpha value is -3.48. The van der Waals surface area contributed by atoms with Gasteiger partial charge in [0.15, 0.2) is 0 Å². The number of amides is 1. The van der Waals surface area contributed by atoms with Gasteiger partial charge in [-0.2, -0.15) is 5.10 Å². The third-order valence-electron chi connectivity index (χ3n) is 4.28. The van der Waals surface area contributed by atoms with E-state index in [-0.39, 0.29) is 18.3 Å². The summed E-state index contributed by atoms with van der Waals surface area (Å²) in [7, 11) is 0. The van der Waals surface area contributed by atoms with E-state index in [2.05, 4.69) is 20.4 Å². The smallest absolute Gasteiger partial charge is 0.246 e. The minimum Gasteiger partial charge on any atom is -0.338 e. The van der Waals surface area contributed by atoms with E-state index in [1.807, 2.05) is 32.0 Å². The number of nitrogens with one attached hydrogen (secondary N) is 2. The summed E-state index contributed by atoms with van der Waals surface area (Å²) in [5.74, 6) is 0.206.